The summed E-state index contributed by atoms with van der Waals surface area (Å²) in [5.41, 5.74) is 4.31. The fourth-order valence-corrected chi connectivity index (χ4v) is 6.66. The lowest BCUT2D eigenvalue weighted by molar-refractivity contribution is -0.134. The van der Waals surface area contributed by atoms with Crippen LogP contribution in [0.4, 0.5) is 8.78 Å². The summed E-state index contributed by atoms with van der Waals surface area (Å²) in [7, 11) is 3.36. The van der Waals surface area contributed by atoms with Crippen molar-refractivity contribution >= 4 is 11.9 Å². The fourth-order valence-electron chi connectivity index (χ4n) is 6.66. The zero-order chi connectivity index (χ0) is 34.0. The van der Waals surface area contributed by atoms with Gasteiger partial charge < -0.3 is 29.3 Å². The second-order valence-corrected chi connectivity index (χ2v) is 12.0. The molecule has 0 spiro atoms. The minimum Gasteiger partial charge on any atom is -0.493 e. The molecule has 0 saturated carbocycles. The lowest BCUT2D eigenvalue weighted by atomic mass is 9.74. The molecule has 1 atom stereocenters. The quantitative estimate of drug-likeness (QED) is 0.218. The number of hydrogen-bond acceptors (Lipinski definition) is 6. The van der Waals surface area contributed by atoms with Crippen molar-refractivity contribution in [1.29, 1.82) is 0 Å². The third kappa shape index (κ3) is 9.39. The lowest BCUT2D eigenvalue weighted by Crippen LogP contribution is -2.45. The number of benzene rings is 3. The van der Waals surface area contributed by atoms with Crippen LogP contribution in [0, 0.1) is 17.6 Å². The first kappa shape index (κ1) is 35.6. The van der Waals surface area contributed by atoms with Crippen LogP contribution in [0.25, 0.3) is 0 Å². The zero-order valence-electron chi connectivity index (χ0n) is 27.1. The normalized spacial score (nSPS) is 18.3. The summed E-state index contributed by atoms with van der Waals surface area (Å²) in [5, 5.41) is 15.6. The highest BCUT2D eigenvalue weighted by Crippen LogP contribution is 2.46. The summed E-state index contributed by atoms with van der Waals surface area (Å²) < 4.78 is 44.8. The number of likely N-dealkylation sites (tertiary alicyclic amines) is 1. The van der Waals surface area contributed by atoms with Gasteiger partial charge in [0.2, 0.25) is 0 Å². The summed E-state index contributed by atoms with van der Waals surface area (Å²) in [5.74, 6) is -0.929. The maximum atomic E-state index is 13.6. The molecule has 0 bridgehead atoms. The van der Waals surface area contributed by atoms with E-state index in [0.29, 0.717) is 24.7 Å². The Hall–Kier alpha value is -4.28. The predicted molar refractivity (Wildman–Crippen MR) is 174 cm³/mol. The van der Waals surface area contributed by atoms with Crippen molar-refractivity contribution in [2.45, 2.75) is 50.5 Å². The summed E-state index contributed by atoms with van der Waals surface area (Å²) in [6.07, 6.45) is 6.08. The van der Waals surface area contributed by atoms with Crippen molar-refractivity contribution in [2.24, 2.45) is 5.92 Å². The SMILES string of the molecule is COc1cc2c(cc1OC)C(C)(C1CCN(CCCC(c3ccc(F)cc3)c3ccc(F)cc3)CC1)OCC2.O=C(O)/C=C\C(=O)O. The molecule has 1 saturated heterocycles. The summed E-state index contributed by atoms with van der Waals surface area (Å²) in [6.45, 7) is 6.03. The second kappa shape index (κ2) is 16.5. The summed E-state index contributed by atoms with van der Waals surface area (Å²) in [4.78, 5) is 21.7. The van der Waals surface area contributed by atoms with Crippen LogP contribution in [0.1, 0.15) is 60.8 Å². The van der Waals surface area contributed by atoms with Gasteiger partial charge in [0, 0.05) is 18.1 Å². The van der Waals surface area contributed by atoms with Crippen LogP contribution in [0.3, 0.4) is 0 Å². The highest BCUT2D eigenvalue weighted by atomic mass is 19.1. The van der Waals surface area contributed by atoms with Gasteiger partial charge in [0.1, 0.15) is 11.6 Å². The average Bonchev–Trinajstić information content (AvgIpc) is 3.07. The molecule has 1 fully saturated rings. The van der Waals surface area contributed by atoms with Crippen LogP contribution in [0.2, 0.25) is 0 Å². The summed E-state index contributed by atoms with van der Waals surface area (Å²) >= 11 is 0. The summed E-state index contributed by atoms with van der Waals surface area (Å²) in [6, 6.07) is 17.7. The zero-order valence-corrected chi connectivity index (χ0v) is 27.1. The van der Waals surface area contributed by atoms with E-state index in [1.165, 1.54) is 35.4 Å². The largest absolute Gasteiger partial charge is 0.493 e. The van der Waals surface area contributed by atoms with Crippen molar-refractivity contribution in [1.82, 2.24) is 4.90 Å². The number of piperidine rings is 1. The standard InChI is InChI=1S/C33H39F2NO3.C4H4O4/c1-33(30-22-32(38-3)31(37-2)21-25(30)16-20-39-33)26-14-18-36(19-15-26)17-4-5-29(23-6-10-27(34)11-7-23)24-8-12-28(35)13-9-24;5-3(6)1-2-4(7)8/h6-13,21-22,26,29H,4-5,14-20H2,1-3H3;1-2H,(H,5,6)(H,7,8)/b;2-1-. The average molecular weight is 652 g/mol. The molecule has 0 radical (unpaired) electrons. The van der Waals surface area contributed by atoms with E-state index in [9.17, 15) is 18.4 Å². The Bertz CT molecular complexity index is 1460. The van der Waals surface area contributed by atoms with E-state index in [2.05, 4.69) is 24.0 Å². The van der Waals surface area contributed by atoms with Crippen LogP contribution in [0.15, 0.2) is 72.8 Å². The Morgan fingerprint density at radius 2 is 1.43 bits per heavy atom. The monoisotopic (exact) mass is 651 g/mol. The highest BCUT2D eigenvalue weighted by Gasteiger charge is 2.42. The van der Waals surface area contributed by atoms with Gasteiger partial charge in [-0.2, -0.15) is 0 Å². The van der Waals surface area contributed by atoms with E-state index in [1.807, 2.05) is 24.3 Å². The van der Waals surface area contributed by atoms with Gasteiger partial charge in [0.15, 0.2) is 11.5 Å². The number of fused-ring (bicyclic) bond motifs is 1. The predicted octanol–water partition coefficient (Wildman–Crippen LogP) is 6.81. The van der Waals surface area contributed by atoms with Crippen LogP contribution in [-0.2, 0) is 26.3 Å². The third-order valence-electron chi connectivity index (χ3n) is 9.16. The van der Waals surface area contributed by atoms with Crippen molar-refractivity contribution in [3.05, 3.63) is 107 Å². The molecule has 2 N–H and O–H groups in total. The number of methoxy groups -OCH3 is 2. The molecule has 0 amide bonds. The number of halogens is 2. The minimum absolute atomic E-state index is 0.113. The molecule has 3 aromatic carbocycles. The van der Waals surface area contributed by atoms with E-state index in [1.54, 1.807) is 14.2 Å². The molecule has 1 unspecified atom stereocenters. The molecular weight excluding hydrogens is 608 g/mol. The van der Waals surface area contributed by atoms with Crippen molar-refractivity contribution in [3.63, 3.8) is 0 Å². The molecule has 10 heteroatoms. The van der Waals surface area contributed by atoms with E-state index >= 15 is 0 Å². The number of carboxylic acids is 2. The Kier molecular flexibility index (Phi) is 12.5. The van der Waals surface area contributed by atoms with Crippen LogP contribution in [0.5, 0.6) is 11.5 Å². The third-order valence-corrected chi connectivity index (χ3v) is 9.16. The van der Waals surface area contributed by atoms with E-state index < -0.39 is 11.9 Å². The van der Waals surface area contributed by atoms with Crippen molar-refractivity contribution < 1.29 is 42.8 Å². The molecule has 2 heterocycles. The number of aliphatic carboxylic acids is 2. The molecule has 5 rings (SSSR count). The molecule has 0 aromatic heterocycles. The molecule has 47 heavy (non-hydrogen) atoms. The van der Waals surface area contributed by atoms with Crippen molar-refractivity contribution in [3.8, 4) is 11.5 Å². The first-order valence-corrected chi connectivity index (χ1v) is 15.8. The Labute approximate surface area is 274 Å². The Morgan fingerprint density at radius 3 is 1.91 bits per heavy atom. The van der Waals surface area contributed by atoms with Gasteiger partial charge in [0.05, 0.1) is 26.4 Å². The topological polar surface area (TPSA) is 106 Å². The molecular formula is C37H43F2NO7. The first-order valence-electron chi connectivity index (χ1n) is 15.8. The van der Waals surface area contributed by atoms with Crippen LogP contribution in [-0.4, -0.2) is 67.5 Å². The van der Waals surface area contributed by atoms with Gasteiger partial charge in [-0.3, -0.25) is 0 Å². The van der Waals surface area contributed by atoms with Crippen molar-refractivity contribution in [2.75, 3.05) is 40.5 Å². The van der Waals surface area contributed by atoms with Gasteiger partial charge in [0.25, 0.3) is 0 Å². The minimum atomic E-state index is -1.26. The van der Waals surface area contributed by atoms with Crippen LogP contribution < -0.4 is 9.47 Å². The van der Waals surface area contributed by atoms with E-state index in [4.69, 9.17) is 24.4 Å². The lowest BCUT2D eigenvalue weighted by Gasteiger charge is -2.46. The van der Waals surface area contributed by atoms with Gasteiger partial charge in [-0.25, -0.2) is 18.4 Å². The first-order chi connectivity index (χ1) is 22.5. The van der Waals surface area contributed by atoms with Gasteiger partial charge in [-0.1, -0.05) is 24.3 Å². The number of nitrogens with zero attached hydrogens (tertiary/aromatic N) is 1. The molecule has 8 nitrogen and oxygen atoms in total. The number of carbonyl (C=O) groups is 2. The number of rotatable bonds is 11. The molecule has 3 aromatic rings. The molecule has 2 aliphatic heterocycles. The molecule has 2 aliphatic rings. The number of ether oxygens (including phenoxy) is 3. The van der Waals surface area contributed by atoms with E-state index in [-0.39, 0.29) is 23.2 Å². The number of hydrogen-bond donors (Lipinski definition) is 2. The fraction of sp³-hybridized carbons (Fsp3) is 0.405. The maximum absolute atomic E-state index is 13.6. The molecule has 252 valence electrons. The Morgan fingerprint density at radius 1 is 0.915 bits per heavy atom. The van der Waals surface area contributed by atoms with E-state index in [0.717, 1.165) is 74.4 Å². The van der Waals surface area contributed by atoms with Gasteiger partial charge in [-0.15, -0.1) is 0 Å². The van der Waals surface area contributed by atoms with Crippen LogP contribution >= 0.6 is 0 Å². The highest BCUT2D eigenvalue weighted by molar-refractivity contribution is 5.89. The van der Waals surface area contributed by atoms with Gasteiger partial charge >= 0.3 is 11.9 Å². The number of carboxylic acid groups (broad SMARTS) is 2. The maximum Gasteiger partial charge on any atom is 0.328 e. The Balaban J connectivity index is 0.000000555. The second-order valence-electron chi connectivity index (χ2n) is 12.0. The smallest absolute Gasteiger partial charge is 0.328 e. The van der Waals surface area contributed by atoms with Gasteiger partial charge in [-0.05, 0) is 123 Å². The molecule has 0 aliphatic carbocycles.